The van der Waals surface area contributed by atoms with Gasteiger partial charge in [0.2, 0.25) is 5.91 Å². The number of para-hydroxylation sites is 1. The zero-order valence-electron chi connectivity index (χ0n) is 20.7. The molecule has 1 amide bonds. The molecule has 3 heterocycles. The molecule has 2 saturated heterocycles. The first-order valence-electron chi connectivity index (χ1n) is 13.1. The van der Waals surface area contributed by atoms with E-state index in [0.717, 1.165) is 56.2 Å². The van der Waals surface area contributed by atoms with E-state index in [1.165, 1.54) is 25.7 Å². The van der Waals surface area contributed by atoms with Crippen molar-refractivity contribution in [2.24, 2.45) is 0 Å². The lowest BCUT2D eigenvalue weighted by atomic mass is 10.0. The lowest BCUT2D eigenvalue weighted by molar-refractivity contribution is -0.118. The monoisotopic (exact) mass is 465 g/mol. The van der Waals surface area contributed by atoms with Gasteiger partial charge in [0.05, 0.1) is 30.1 Å². The van der Waals surface area contributed by atoms with Crippen LogP contribution < -0.4 is 5.32 Å². The highest BCUT2D eigenvalue weighted by Crippen LogP contribution is 2.35. The third-order valence-corrected chi connectivity index (χ3v) is 7.58. The Labute approximate surface area is 203 Å². The largest absolute Gasteiger partial charge is 0.373 e. The predicted molar refractivity (Wildman–Crippen MR) is 134 cm³/mol. The Kier molecular flexibility index (Phi) is 7.32. The maximum atomic E-state index is 13.2. The van der Waals surface area contributed by atoms with Crippen molar-refractivity contribution < 1.29 is 9.53 Å². The van der Waals surface area contributed by atoms with E-state index >= 15 is 0 Å². The highest BCUT2D eigenvalue weighted by atomic mass is 16.5. The Balaban J connectivity index is 1.25. The fraction of sp³-hybridized carbons (Fsp3) is 0.630. The van der Waals surface area contributed by atoms with Crippen LogP contribution in [0.25, 0.3) is 5.69 Å². The number of nitrogens with one attached hydrogen (secondary N) is 1. The van der Waals surface area contributed by atoms with Gasteiger partial charge in [-0.1, -0.05) is 31.0 Å². The van der Waals surface area contributed by atoms with Gasteiger partial charge in [-0.15, -0.1) is 0 Å². The van der Waals surface area contributed by atoms with E-state index in [4.69, 9.17) is 9.84 Å². The van der Waals surface area contributed by atoms with Gasteiger partial charge in [-0.05, 0) is 58.2 Å². The van der Waals surface area contributed by atoms with E-state index in [1.807, 2.05) is 35.0 Å². The second-order valence-electron chi connectivity index (χ2n) is 10.5. The van der Waals surface area contributed by atoms with Gasteiger partial charge in [0.15, 0.2) is 0 Å². The third-order valence-electron chi connectivity index (χ3n) is 7.58. The standard InChI is InChI=1S/C27H39N5O2/c1-20-16-30(17-21(2)34-20)18-24-13-8-14-31(24)19-27(33)28-26-15-25(22-9-6-7-10-22)29-32(26)23-11-4-3-5-12-23/h3-5,11-12,15,20-22,24H,6-10,13-14,16-19H2,1-2H3,(H,28,33)/t20-,21-,24-/m1/s1. The summed E-state index contributed by atoms with van der Waals surface area (Å²) in [5.41, 5.74) is 2.09. The molecular formula is C27H39N5O2. The molecule has 0 unspecified atom stereocenters. The third kappa shape index (κ3) is 5.53. The number of anilines is 1. The Hall–Kier alpha value is -2.22. The van der Waals surface area contributed by atoms with Crippen LogP contribution in [0.4, 0.5) is 5.82 Å². The fourth-order valence-corrected chi connectivity index (χ4v) is 6.08. The molecule has 0 radical (unpaired) electrons. The van der Waals surface area contributed by atoms with Crippen molar-refractivity contribution in [1.82, 2.24) is 19.6 Å². The summed E-state index contributed by atoms with van der Waals surface area (Å²) in [6.45, 7) is 8.68. The van der Waals surface area contributed by atoms with Gasteiger partial charge in [-0.25, -0.2) is 4.68 Å². The number of hydrogen-bond donors (Lipinski definition) is 1. The van der Waals surface area contributed by atoms with Crippen LogP contribution in [0.2, 0.25) is 0 Å². The maximum Gasteiger partial charge on any atom is 0.239 e. The number of morpholine rings is 1. The summed E-state index contributed by atoms with van der Waals surface area (Å²) in [7, 11) is 0. The van der Waals surface area contributed by atoms with Crippen LogP contribution in [0.3, 0.4) is 0 Å². The topological polar surface area (TPSA) is 62.6 Å². The van der Waals surface area contributed by atoms with Crippen molar-refractivity contribution in [3.63, 3.8) is 0 Å². The van der Waals surface area contributed by atoms with Crippen molar-refractivity contribution in [2.75, 3.05) is 38.0 Å². The zero-order valence-corrected chi connectivity index (χ0v) is 20.7. The number of benzene rings is 1. The van der Waals surface area contributed by atoms with Crippen molar-refractivity contribution in [1.29, 1.82) is 0 Å². The minimum atomic E-state index is 0.0469. The molecule has 3 aliphatic rings. The average Bonchev–Trinajstić information content (AvgIpc) is 3.56. The minimum absolute atomic E-state index is 0.0469. The average molecular weight is 466 g/mol. The molecule has 3 atom stereocenters. The van der Waals surface area contributed by atoms with Crippen LogP contribution in [0.5, 0.6) is 0 Å². The molecule has 1 N–H and O–H groups in total. The fourth-order valence-electron chi connectivity index (χ4n) is 6.08. The van der Waals surface area contributed by atoms with Gasteiger partial charge in [0.1, 0.15) is 5.82 Å². The van der Waals surface area contributed by atoms with Crippen LogP contribution in [0.15, 0.2) is 36.4 Å². The summed E-state index contributed by atoms with van der Waals surface area (Å²) < 4.78 is 7.80. The Morgan fingerprint density at radius 1 is 1.06 bits per heavy atom. The van der Waals surface area contributed by atoms with E-state index in [-0.39, 0.29) is 18.1 Å². The molecule has 0 spiro atoms. The molecule has 3 fully saturated rings. The Morgan fingerprint density at radius 2 is 1.79 bits per heavy atom. The summed E-state index contributed by atoms with van der Waals surface area (Å²) in [6.07, 6.45) is 7.76. The first kappa shape index (κ1) is 23.5. The molecule has 0 bridgehead atoms. The highest BCUT2D eigenvalue weighted by molar-refractivity contribution is 5.91. The minimum Gasteiger partial charge on any atom is -0.373 e. The predicted octanol–water partition coefficient (Wildman–Crippen LogP) is 4.04. The van der Waals surface area contributed by atoms with E-state index in [2.05, 4.69) is 35.0 Å². The first-order valence-corrected chi connectivity index (χ1v) is 13.1. The number of ether oxygens (including phenoxy) is 1. The van der Waals surface area contributed by atoms with E-state index in [0.29, 0.717) is 18.5 Å². The summed E-state index contributed by atoms with van der Waals surface area (Å²) in [4.78, 5) is 18.1. The van der Waals surface area contributed by atoms with E-state index < -0.39 is 0 Å². The Bertz CT molecular complexity index is 945. The smallest absolute Gasteiger partial charge is 0.239 e. The molecule has 7 nitrogen and oxygen atoms in total. The molecule has 2 aliphatic heterocycles. The van der Waals surface area contributed by atoms with E-state index in [1.54, 1.807) is 0 Å². The number of nitrogens with zero attached hydrogens (tertiary/aromatic N) is 4. The van der Waals surface area contributed by atoms with Gasteiger partial charge >= 0.3 is 0 Å². The Morgan fingerprint density at radius 3 is 2.53 bits per heavy atom. The maximum absolute atomic E-state index is 13.2. The molecule has 1 aromatic heterocycles. The number of rotatable bonds is 7. The van der Waals surface area contributed by atoms with Crippen LogP contribution in [-0.4, -0.2) is 76.5 Å². The molecule has 2 aromatic rings. The molecule has 7 heteroatoms. The zero-order chi connectivity index (χ0) is 23.5. The number of hydrogen-bond acceptors (Lipinski definition) is 5. The SMILES string of the molecule is C[C@@H]1CN(C[C@H]2CCCN2CC(=O)Nc2cc(C3CCCC3)nn2-c2ccccc2)C[C@@H](C)O1. The van der Waals surface area contributed by atoms with Crippen LogP contribution in [0.1, 0.15) is 64.0 Å². The lowest BCUT2D eigenvalue weighted by Gasteiger charge is -2.38. The lowest BCUT2D eigenvalue weighted by Crippen LogP contribution is -2.50. The highest BCUT2D eigenvalue weighted by Gasteiger charge is 2.31. The first-order chi connectivity index (χ1) is 16.5. The molecule has 1 saturated carbocycles. The van der Waals surface area contributed by atoms with Crippen molar-refractivity contribution >= 4 is 11.7 Å². The normalized spacial score (nSPS) is 26.8. The van der Waals surface area contributed by atoms with Gasteiger partial charge in [0.25, 0.3) is 0 Å². The summed E-state index contributed by atoms with van der Waals surface area (Å²) >= 11 is 0. The van der Waals surface area contributed by atoms with Crippen LogP contribution in [-0.2, 0) is 9.53 Å². The quantitative estimate of drug-likeness (QED) is 0.669. The molecule has 1 aliphatic carbocycles. The van der Waals surface area contributed by atoms with Crippen molar-refractivity contribution in [3.8, 4) is 5.69 Å². The summed E-state index contributed by atoms with van der Waals surface area (Å²) in [5.74, 6) is 1.33. The molecule has 184 valence electrons. The number of carbonyl (C=O) groups excluding carboxylic acids is 1. The summed E-state index contributed by atoms with van der Waals surface area (Å²) in [5, 5.41) is 8.13. The van der Waals surface area contributed by atoms with Crippen LogP contribution >= 0.6 is 0 Å². The second kappa shape index (κ2) is 10.6. The molecule has 34 heavy (non-hydrogen) atoms. The van der Waals surface area contributed by atoms with Crippen LogP contribution in [0, 0.1) is 0 Å². The van der Waals surface area contributed by atoms with Crippen molar-refractivity contribution in [2.45, 2.75) is 76.5 Å². The van der Waals surface area contributed by atoms with Gasteiger partial charge in [-0.2, -0.15) is 5.10 Å². The van der Waals surface area contributed by atoms with Gasteiger partial charge in [0, 0.05) is 37.7 Å². The van der Waals surface area contributed by atoms with Gasteiger partial charge in [-0.3, -0.25) is 14.6 Å². The molecule has 5 rings (SSSR count). The number of aromatic nitrogens is 2. The van der Waals surface area contributed by atoms with Crippen molar-refractivity contribution in [3.05, 3.63) is 42.1 Å². The molecular weight excluding hydrogens is 426 g/mol. The number of amides is 1. The van der Waals surface area contributed by atoms with Gasteiger partial charge < -0.3 is 10.1 Å². The number of carbonyl (C=O) groups is 1. The summed E-state index contributed by atoms with van der Waals surface area (Å²) in [6, 6.07) is 12.6. The molecule has 1 aromatic carbocycles. The second-order valence-corrected chi connectivity index (χ2v) is 10.5. The van der Waals surface area contributed by atoms with E-state index in [9.17, 15) is 4.79 Å². The number of likely N-dealkylation sites (tertiary alicyclic amines) is 1.